The molecule has 0 unspecified atom stereocenters. The molecule has 4 heteroatoms. The Balaban J connectivity index is 3.17. The largest absolute Gasteiger partial charge is 0.261 e. The lowest BCUT2D eigenvalue weighted by atomic mass is 10.3. The molecule has 1 nitrogen and oxygen atoms in total. The average Bonchev–Trinajstić information content (AvgIpc) is 1.88. The summed E-state index contributed by atoms with van der Waals surface area (Å²) in [5.74, 6) is -0.575. The van der Waals surface area contributed by atoms with E-state index in [0.29, 0.717) is 3.57 Å². The highest BCUT2D eigenvalue weighted by Gasteiger charge is 2.04. The predicted molar refractivity (Wildman–Crippen MR) is 41.7 cm³/mol. The molecule has 1 aromatic heterocycles. The van der Waals surface area contributed by atoms with Crippen LogP contribution in [0.5, 0.6) is 0 Å². The molecule has 0 aliphatic rings. The summed E-state index contributed by atoms with van der Waals surface area (Å²) in [6, 6.07) is 0. The molecule has 1 aromatic rings. The fraction of sp³-hybridized carbons (Fsp3) is 0.167. The van der Waals surface area contributed by atoms with E-state index in [2.05, 4.69) is 4.98 Å². The van der Waals surface area contributed by atoms with Crippen molar-refractivity contribution >= 4 is 22.6 Å². The minimum atomic E-state index is -0.771. The average molecular weight is 255 g/mol. The second kappa shape index (κ2) is 3.23. The summed E-state index contributed by atoms with van der Waals surface area (Å²) in [5, 5.41) is 0. The third kappa shape index (κ3) is 1.42. The van der Waals surface area contributed by atoms with Gasteiger partial charge in [-0.05, 0) is 22.6 Å². The van der Waals surface area contributed by atoms with Crippen molar-refractivity contribution in [3.05, 3.63) is 27.3 Å². The first-order valence-corrected chi connectivity index (χ1v) is 3.67. The first-order valence-electron chi connectivity index (χ1n) is 2.59. The molecule has 10 heavy (non-hydrogen) atoms. The van der Waals surface area contributed by atoms with Gasteiger partial charge in [0.05, 0.1) is 6.20 Å². The summed E-state index contributed by atoms with van der Waals surface area (Å²) in [6.45, 7) is -0.771. The lowest BCUT2D eigenvalue weighted by molar-refractivity contribution is 0.460. The monoisotopic (exact) mass is 255 g/mol. The van der Waals surface area contributed by atoms with Gasteiger partial charge in [-0.15, -0.1) is 0 Å². The Morgan fingerprint density at radius 1 is 1.50 bits per heavy atom. The molecule has 0 spiro atoms. The third-order valence-electron chi connectivity index (χ3n) is 1.09. The zero-order valence-electron chi connectivity index (χ0n) is 4.94. The molecule has 0 saturated carbocycles. The number of rotatable bonds is 1. The van der Waals surface area contributed by atoms with Crippen molar-refractivity contribution in [2.45, 2.75) is 6.67 Å². The topological polar surface area (TPSA) is 12.9 Å². The van der Waals surface area contributed by atoms with E-state index in [1.165, 1.54) is 6.20 Å². The molecule has 0 aliphatic heterocycles. The van der Waals surface area contributed by atoms with E-state index in [9.17, 15) is 8.78 Å². The number of hydrogen-bond donors (Lipinski definition) is 0. The predicted octanol–water partition coefficient (Wildman–Crippen LogP) is 2.29. The van der Waals surface area contributed by atoms with Gasteiger partial charge in [0.2, 0.25) is 0 Å². The number of alkyl halides is 1. The van der Waals surface area contributed by atoms with E-state index in [1.54, 1.807) is 0 Å². The van der Waals surface area contributed by atoms with Gasteiger partial charge in [-0.2, -0.15) is 0 Å². The summed E-state index contributed by atoms with van der Waals surface area (Å²) in [4.78, 5) is 3.54. The lowest BCUT2D eigenvalue weighted by Crippen LogP contribution is -1.91. The summed E-state index contributed by atoms with van der Waals surface area (Å²) < 4.78 is 25.0. The molecule has 0 N–H and O–H groups in total. The van der Waals surface area contributed by atoms with Crippen molar-refractivity contribution in [3.63, 3.8) is 0 Å². The van der Waals surface area contributed by atoms with E-state index in [0.717, 1.165) is 6.20 Å². The smallest absolute Gasteiger partial charge is 0.148 e. The van der Waals surface area contributed by atoms with Gasteiger partial charge in [-0.25, -0.2) is 8.78 Å². The molecular weight excluding hydrogens is 251 g/mol. The zero-order valence-corrected chi connectivity index (χ0v) is 7.10. The lowest BCUT2D eigenvalue weighted by Gasteiger charge is -1.97. The maximum absolute atomic E-state index is 12.5. The van der Waals surface area contributed by atoms with Gasteiger partial charge >= 0.3 is 0 Å². The minimum Gasteiger partial charge on any atom is -0.261 e. The Labute approximate surface area is 70.6 Å². The SMILES string of the molecule is FCc1c(F)cncc1I. The highest BCUT2D eigenvalue weighted by Crippen LogP contribution is 2.14. The quantitative estimate of drug-likeness (QED) is 0.701. The number of nitrogens with zero attached hydrogens (tertiary/aromatic N) is 1. The molecule has 0 aromatic carbocycles. The summed E-state index contributed by atoms with van der Waals surface area (Å²) >= 11 is 1.84. The first-order chi connectivity index (χ1) is 4.75. The van der Waals surface area contributed by atoms with E-state index < -0.39 is 12.5 Å². The molecule has 0 radical (unpaired) electrons. The van der Waals surface area contributed by atoms with Gasteiger partial charge in [-0.1, -0.05) is 0 Å². The highest BCUT2D eigenvalue weighted by atomic mass is 127. The van der Waals surface area contributed by atoms with E-state index in [-0.39, 0.29) is 5.56 Å². The van der Waals surface area contributed by atoms with Crippen LogP contribution in [0, 0.1) is 9.39 Å². The maximum atomic E-state index is 12.5. The number of aromatic nitrogens is 1. The van der Waals surface area contributed by atoms with Gasteiger partial charge in [0, 0.05) is 15.3 Å². The number of halogens is 3. The van der Waals surface area contributed by atoms with Gasteiger partial charge in [0.25, 0.3) is 0 Å². The van der Waals surface area contributed by atoms with Crippen LogP contribution < -0.4 is 0 Å². The van der Waals surface area contributed by atoms with Crippen LogP contribution in [0.4, 0.5) is 8.78 Å². The van der Waals surface area contributed by atoms with Gasteiger partial charge in [0.1, 0.15) is 12.5 Å². The Hall–Kier alpha value is -0.260. The molecule has 54 valence electrons. The van der Waals surface area contributed by atoms with Crippen LogP contribution >= 0.6 is 22.6 Å². The van der Waals surface area contributed by atoms with E-state index in [1.807, 2.05) is 22.6 Å². The molecule has 1 rings (SSSR count). The molecule has 0 fully saturated rings. The molecule has 0 aliphatic carbocycles. The zero-order chi connectivity index (χ0) is 7.56. The van der Waals surface area contributed by atoms with Crippen molar-refractivity contribution in [2.75, 3.05) is 0 Å². The van der Waals surface area contributed by atoms with Crippen LogP contribution in [0.15, 0.2) is 12.4 Å². The van der Waals surface area contributed by atoms with Gasteiger partial charge in [0.15, 0.2) is 0 Å². The summed E-state index contributed by atoms with van der Waals surface area (Å²) in [6.07, 6.45) is 2.44. The molecule has 0 bridgehead atoms. The van der Waals surface area contributed by atoms with E-state index >= 15 is 0 Å². The van der Waals surface area contributed by atoms with Crippen molar-refractivity contribution in [1.82, 2.24) is 4.98 Å². The Kier molecular flexibility index (Phi) is 2.53. The number of hydrogen-bond acceptors (Lipinski definition) is 1. The Morgan fingerprint density at radius 3 is 2.60 bits per heavy atom. The van der Waals surface area contributed by atoms with Crippen LogP contribution in [-0.2, 0) is 6.67 Å². The second-order valence-corrected chi connectivity index (χ2v) is 2.88. The molecular formula is C6H4F2IN. The third-order valence-corrected chi connectivity index (χ3v) is 2.02. The standard InChI is InChI=1S/C6H4F2IN/c7-1-4-5(8)2-10-3-6(4)9/h2-3H,1H2. The normalized spacial score (nSPS) is 9.90. The number of pyridine rings is 1. The van der Waals surface area contributed by atoms with Gasteiger partial charge < -0.3 is 0 Å². The molecule has 0 saturated heterocycles. The first kappa shape index (κ1) is 7.84. The van der Waals surface area contributed by atoms with Crippen LogP contribution in [0.3, 0.4) is 0 Å². The van der Waals surface area contributed by atoms with Crippen LogP contribution in [0.25, 0.3) is 0 Å². The summed E-state index contributed by atoms with van der Waals surface area (Å²) in [7, 11) is 0. The van der Waals surface area contributed by atoms with Gasteiger partial charge in [-0.3, -0.25) is 4.98 Å². The van der Waals surface area contributed by atoms with E-state index in [4.69, 9.17) is 0 Å². The van der Waals surface area contributed by atoms with Crippen LogP contribution in [-0.4, -0.2) is 4.98 Å². The Morgan fingerprint density at radius 2 is 2.20 bits per heavy atom. The minimum absolute atomic E-state index is 0.0931. The second-order valence-electron chi connectivity index (χ2n) is 1.72. The molecule has 0 atom stereocenters. The molecule has 0 amide bonds. The maximum Gasteiger partial charge on any atom is 0.148 e. The van der Waals surface area contributed by atoms with Crippen molar-refractivity contribution in [3.8, 4) is 0 Å². The van der Waals surface area contributed by atoms with Crippen LogP contribution in [0.1, 0.15) is 5.56 Å². The van der Waals surface area contributed by atoms with Crippen LogP contribution in [0.2, 0.25) is 0 Å². The van der Waals surface area contributed by atoms with Crippen molar-refractivity contribution < 1.29 is 8.78 Å². The summed E-state index contributed by atoms with van der Waals surface area (Å²) in [5.41, 5.74) is 0.0931. The fourth-order valence-electron chi connectivity index (χ4n) is 0.566. The highest BCUT2D eigenvalue weighted by molar-refractivity contribution is 14.1. The van der Waals surface area contributed by atoms with Crippen molar-refractivity contribution in [2.24, 2.45) is 0 Å². The molecule has 1 heterocycles. The Bertz CT molecular complexity index is 219. The van der Waals surface area contributed by atoms with Crippen molar-refractivity contribution in [1.29, 1.82) is 0 Å². The fourth-order valence-corrected chi connectivity index (χ4v) is 1.13.